The van der Waals surface area contributed by atoms with Gasteiger partial charge in [0, 0.05) is 28.9 Å². The molecule has 0 unspecified atom stereocenters. The van der Waals surface area contributed by atoms with Crippen LogP contribution < -0.4 is 0 Å². The standard InChI is InChI=1S/C18H20N2.C5H10O2.CH3.Ni/c1-13-5-7-15(3)17(11-13)19-9-10-20-18-12-14(2)6-8-16(18)4;1-4(2)5(6)7-3;;/h5-12H,1-4H3;4H,1-3H3;1H3;/q;;-1;. The van der Waals surface area contributed by atoms with Gasteiger partial charge in [-0.3, -0.25) is 14.8 Å². The van der Waals surface area contributed by atoms with E-state index in [2.05, 4.69) is 78.8 Å². The number of esters is 1. The third-order valence-electron chi connectivity index (χ3n) is 3.90. The van der Waals surface area contributed by atoms with Crippen molar-refractivity contribution >= 4 is 29.8 Å². The molecule has 0 fully saturated rings. The number of methoxy groups -OCH3 is 1. The van der Waals surface area contributed by atoms with E-state index in [9.17, 15) is 4.79 Å². The smallest absolute Gasteiger partial charge is 0.308 e. The Hall–Kier alpha value is -2.26. The van der Waals surface area contributed by atoms with Gasteiger partial charge in [-0.1, -0.05) is 38.1 Å². The molecular formula is C24H33N2NiO2-. The Kier molecular flexibility index (Phi) is 14.7. The van der Waals surface area contributed by atoms with Gasteiger partial charge in [-0.15, -0.1) is 0 Å². The maximum absolute atomic E-state index is 10.3. The molecule has 0 aliphatic carbocycles. The van der Waals surface area contributed by atoms with Gasteiger partial charge < -0.3 is 12.2 Å². The summed E-state index contributed by atoms with van der Waals surface area (Å²) in [6.07, 6.45) is 3.51. The van der Waals surface area contributed by atoms with Crippen molar-refractivity contribution in [2.45, 2.75) is 41.5 Å². The molecule has 0 aromatic heterocycles. The Balaban J connectivity index is 0. The molecule has 0 saturated carbocycles. The molecule has 0 spiro atoms. The first-order chi connectivity index (χ1) is 12.7. The number of hydrogen-bond donors (Lipinski definition) is 0. The fourth-order valence-electron chi connectivity index (χ4n) is 2.18. The number of aliphatic imine (C=N–C) groups is 2. The second-order valence-electron chi connectivity index (χ2n) is 6.81. The molecule has 0 radical (unpaired) electrons. The van der Waals surface area contributed by atoms with E-state index in [4.69, 9.17) is 0 Å². The van der Waals surface area contributed by atoms with E-state index >= 15 is 0 Å². The van der Waals surface area contributed by atoms with Crippen LogP contribution in [0.1, 0.15) is 36.1 Å². The van der Waals surface area contributed by atoms with E-state index in [0.29, 0.717) is 0 Å². The number of rotatable bonds is 4. The van der Waals surface area contributed by atoms with Crippen LogP contribution in [0, 0.1) is 41.0 Å². The van der Waals surface area contributed by atoms with Crippen LogP contribution in [0.15, 0.2) is 46.4 Å². The van der Waals surface area contributed by atoms with Crippen LogP contribution in [0.2, 0.25) is 0 Å². The number of nitrogens with zero attached hydrogens (tertiary/aromatic N) is 2. The van der Waals surface area contributed by atoms with Crippen LogP contribution >= 0.6 is 0 Å². The summed E-state index contributed by atoms with van der Waals surface area (Å²) in [5, 5.41) is 0. The summed E-state index contributed by atoms with van der Waals surface area (Å²) >= 11 is 0. The van der Waals surface area contributed by atoms with Gasteiger partial charge in [0.2, 0.25) is 0 Å². The molecule has 0 heterocycles. The van der Waals surface area contributed by atoms with E-state index < -0.39 is 0 Å². The first kappa shape index (κ1) is 28.9. The van der Waals surface area contributed by atoms with Crippen LogP contribution in [0.3, 0.4) is 0 Å². The van der Waals surface area contributed by atoms with Gasteiger partial charge in [0.15, 0.2) is 0 Å². The summed E-state index contributed by atoms with van der Waals surface area (Å²) in [4.78, 5) is 19.2. The van der Waals surface area contributed by atoms with Gasteiger partial charge in [0.05, 0.1) is 24.4 Å². The minimum atomic E-state index is -0.153. The van der Waals surface area contributed by atoms with Crippen LogP contribution in [0.4, 0.5) is 11.4 Å². The zero-order valence-corrected chi connectivity index (χ0v) is 19.7. The van der Waals surface area contributed by atoms with Crippen LogP contribution in [-0.4, -0.2) is 25.5 Å². The average molecular weight is 440 g/mol. The maximum Gasteiger partial charge on any atom is 0.308 e. The molecule has 2 aromatic rings. The molecule has 29 heavy (non-hydrogen) atoms. The topological polar surface area (TPSA) is 51.0 Å². The second kappa shape index (κ2) is 14.7. The molecule has 2 rings (SSSR count). The molecule has 0 N–H and O–H groups in total. The normalized spacial score (nSPS) is 10.2. The summed E-state index contributed by atoms with van der Waals surface area (Å²) in [6.45, 7) is 11.9. The Morgan fingerprint density at radius 2 is 1.24 bits per heavy atom. The Morgan fingerprint density at radius 3 is 1.52 bits per heavy atom. The maximum atomic E-state index is 10.3. The van der Waals surface area contributed by atoms with Crippen molar-refractivity contribution in [2.75, 3.05) is 7.11 Å². The van der Waals surface area contributed by atoms with E-state index in [1.165, 1.54) is 29.4 Å². The van der Waals surface area contributed by atoms with Crippen molar-refractivity contribution < 1.29 is 26.0 Å². The second-order valence-corrected chi connectivity index (χ2v) is 6.81. The largest absolute Gasteiger partial charge is 0.469 e. The Morgan fingerprint density at radius 1 is 0.862 bits per heavy atom. The first-order valence-corrected chi connectivity index (χ1v) is 9.03. The van der Waals surface area contributed by atoms with E-state index in [1.54, 1.807) is 26.3 Å². The third kappa shape index (κ3) is 10.7. The summed E-state index contributed by atoms with van der Waals surface area (Å²) in [5.74, 6) is -0.148. The molecule has 0 aliphatic rings. The van der Waals surface area contributed by atoms with E-state index in [-0.39, 0.29) is 35.8 Å². The third-order valence-corrected chi connectivity index (χ3v) is 3.90. The molecule has 0 saturated heterocycles. The zero-order valence-electron chi connectivity index (χ0n) is 18.7. The number of hydrogen-bond acceptors (Lipinski definition) is 4. The van der Waals surface area contributed by atoms with Crippen molar-refractivity contribution in [3.63, 3.8) is 0 Å². The Bertz CT molecular complexity index is 768. The molecular weight excluding hydrogens is 407 g/mol. The van der Waals surface area contributed by atoms with E-state index in [0.717, 1.165) is 11.4 Å². The monoisotopic (exact) mass is 439 g/mol. The van der Waals surface area contributed by atoms with Crippen molar-refractivity contribution in [1.29, 1.82) is 0 Å². The zero-order chi connectivity index (χ0) is 20.4. The summed E-state index contributed by atoms with van der Waals surface area (Å²) in [6, 6.07) is 12.5. The molecule has 162 valence electrons. The number of carbonyl (C=O) groups is 1. The number of benzene rings is 2. The van der Waals surface area contributed by atoms with Crippen LogP contribution in [0.25, 0.3) is 0 Å². The van der Waals surface area contributed by atoms with E-state index in [1.807, 2.05) is 0 Å². The van der Waals surface area contributed by atoms with Gasteiger partial charge in [-0.2, -0.15) is 0 Å². The number of carbonyl (C=O) groups excluding carboxylic acids is 1. The molecule has 5 heteroatoms. The van der Waals surface area contributed by atoms with Crippen LogP contribution in [0.5, 0.6) is 0 Å². The molecule has 4 nitrogen and oxygen atoms in total. The fraction of sp³-hybridized carbons (Fsp3) is 0.333. The minimum Gasteiger partial charge on any atom is -0.469 e. The van der Waals surface area contributed by atoms with Gasteiger partial charge in [-0.25, -0.2) is 0 Å². The Labute approximate surface area is 186 Å². The van der Waals surface area contributed by atoms with Gasteiger partial charge in [0.1, 0.15) is 0 Å². The van der Waals surface area contributed by atoms with Crippen LogP contribution in [-0.2, 0) is 26.0 Å². The predicted octanol–water partition coefficient (Wildman–Crippen LogP) is 6.29. The minimum absolute atomic E-state index is 0. The molecule has 0 bridgehead atoms. The molecule has 2 aromatic carbocycles. The van der Waals surface area contributed by atoms with Gasteiger partial charge >= 0.3 is 5.97 Å². The fourth-order valence-corrected chi connectivity index (χ4v) is 2.18. The van der Waals surface area contributed by atoms with Crippen molar-refractivity contribution in [2.24, 2.45) is 15.9 Å². The first-order valence-electron chi connectivity index (χ1n) is 9.03. The molecule has 0 atom stereocenters. The quantitative estimate of drug-likeness (QED) is 0.243. The van der Waals surface area contributed by atoms with Crippen molar-refractivity contribution in [1.82, 2.24) is 0 Å². The number of aryl methyl sites for hydroxylation is 4. The summed E-state index contributed by atoms with van der Waals surface area (Å²) < 4.78 is 4.37. The summed E-state index contributed by atoms with van der Waals surface area (Å²) in [5.41, 5.74) is 6.78. The SMILES string of the molecule is COC(=O)C(C)C.Cc1ccc(C)c(N=CC=Nc2cc(C)ccc2C)c1.[CH3-].[Ni]. The molecule has 0 amide bonds. The van der Waals surface area contributed by atoms with Gasteiger partial charge in [-0.05, 0) is 62.1 Å². The predicted molar refractivity (Wildman–Crippen MR) is 121 cm³/mol. The molecule has 0 aliphatic heterocycles. The van der Waals surface area contributed by atoms with Gasteiger partial charge in [0.25, 0.3) is 0 Å². The average Bonchev–Trinajstić information content (AvgIpc) is 2.63. The van der Waals surface area contributed by atoms with Crippen molar-refractivity contribution in [3.8, 4) is 0 Å². The number of ether oxygens (including phenoxy) is 1. The summed E-state index contributed by atoms with van der Waals surface area (Å²) in [7, 11) is 1.39. The van der Waals surface area contributed by atoms with Crippen molar-refractivity contribution in [3.05, 3.63) is 66.1 Å².